The molecule has 16 heavy (non-hydrogen) atoms. The Labute approximate surface area is 93.1 Å². The fourth-order valence-electron chi connectivity index (χ4n) is 0.870. The number of nitrogens with one attached hydrogen (secondary N) is 1. The molecule has 8 nitrogen and oxygen atoms in total. The van der Waals surface area contributed by atoms with Crippen LogP contribution in [0.2, 0.25) is 0 Å². The molecule has 0 aliphatic heterocycles. The van der Waals surface area contributed by atoms with Crippen molar-refractivity contribution in [1.29, 1.82) is 0 Å². The first-order chi connectivity index (χ1) is 7.50. The molecule has 0 aliphatic carbocycles. The van der Waals surface area contributed by atoms with Crippen LogP contribution >= 0.6 is 11.5 Å². The molecular formula is C7H7N3O5S. The Morgan fingerprint density at radius 1 is 1.44 bits per heavy atom. The predicted molar refractivity (Wildman–Crippen MR) is 51.1 cm³/mol. The van der Waals surface area contributed by atoms with Crippen LogP contribution < -0.4 is 5.32 Å². The van der Waals surface area contributed by atoms with Gasteiger partial charge in [-0.2, -0.15) is 0 Å². The summed E-state index contributed by atoms with van der Waals surface area (Å²) in [4.78, 5) is 32.3. The van der Waals surface area contributed by atoms with Gasteiger partial charge >= 0.3 is 11.9 Å². The molecule has 3 N–H and O–H groups in total. The molecule has 0 saturated carbocycles. The first-order valence-electron chi connectivity index (χ1n) is 4.03. The van der Waals surface area contributed by atoms with E-state index in [2.05, 4.69) is 9.59 Å². The third-order valence-electron chi connectivity index (χ3n) is 1.57. The number of rotatable bonds is 5. The highest BCUT2D eigenvalue weighted by Gasteiger charge is 2.24. The highest BCUT2D eigenvalue weighted by Crippen LogP contribution is 1.99. The molecule has 0 aliphatic rings. The zero-order valence-electron chi connectivity index (χ0n) is 7.78. The van der Waals surface area contributed by atoms with Crippen LogP contribution in [0, 0.1) is 0 Å². The smallest absolute Gasteiger partial charge is 0.326 e. The summed E-state index contributed by atoms with van der Waals surface area (Å²) in [6.45, 7) is 0. The van der Waals surface area contributed by atoms with Crippen molar-refractivity contribution in [3.05, 3.63) is 11.1 Å². The molecule has 1 aromatic heterocycles. The largest absolute Gasteiger partial charge is 0.481 e. The van der Waals surface area contributed by atoms with Crippen molar-refractivity contribution in [3.63, 3.8) is 0 Å². The van der Waals surface area contributed by atoms with Crippen LogP contribution in [0.15, 0.2) is 5.38 Å². The Kier molecular flexibility index (Phi) is 3.89. The summed E-state index contributed by atoms with van der Waals surface area (Å²) in [7, 11) is 0. The maximum absolute atomic E-state index is 11.3. The Balaban J connectivity index is 2.65. The summed E-state index contributed by atoms with van der Waals surface area (Å²) in [6, 6.07) is -1.48. The minimum atomic E-state index is -1.48. The van der Waals surface area contributed by atoms with E-state index in [1.54, 1.807) is 0 Å². The summed E-state index contributed by atoms with van der Waals surface area (Å²) in [5.74, 6) is -3.49. The number of carboxylic acid groups (broad SMARTS) is 2. The lowest BCUT2D eigenvalue weighted by molar-refractivity contribution is -0.145. The van der Waals surface area contributed by atoms with E-state index < -0.39 is 30.3 Å². The molecule has 0 saturated heterocycles. The van der Waals surface area contributed by atoms with Crippen molar-refractivity contribution in [2.24, 2.45) is 0 Å². The van der Waals surface area contributed by atoms with E-state index in [-0.39, 0.29) is 5.69 Å². The molecular weight excluding hydrogens is 238 g/mol. The van der Waals surface area contributed by atoms with E-state index in [9.17, 15) is 14.4 Å². The number of hydrogen-bond donors (Lipinski definition) is 3. The van der Waals surface area contributed by atoms with E-state index in [4.69, 9.17) is 10.2 Å². The van der Waals surface area contributed by atoms with Crippen molar-refractivity contribution >= 4 is 29.4 Å². The predicted octanol–water partition coefficient (Wildman–Crippen LogP) is -0.804. The molecule has 0 spiro atoms. The van der Waals surface area contributed by atoms with Crippen LogP contribution in [0.3, 0.4) is 0 Å². The quantitative estimate of drug-likeness (QED) is 0.618. The molecule has 0 fully saturated rings. The SMILES string of the molecule is O=C(O)C[C@H](NC(=O)c1csnn1)C(=O)O. The Bertz CT molecular complexity index is 404. The lowest BCUT2D eigenvalue weighted by Crippen LogP contribution is -2.42. The third-order valence-corrected chi connectivity index (χ3v) is 2.08. The molecule has 9 heteroatoms. The number of carbonyl (C=O) groups is 3. The maximum atomic E-state index is 11.3. The van der Waals surface area contributed by atoms with Crippen LogP contribution in [0.4, 0.5) is 0 Å². The fraction of sp³-hybridized carbons (Fsp3) is 0.286. The summed E-state index contributed by atoms with van der Waals surface area (Å²) >= 11 is 0.932. The normalized spacial score (nSPS) is 11.8. The van der Waals surface area contributed by atoms with E-state index in [1.165, 1.54) is 5.38 Å². The molecule has 1 rings (SSSR count). The number of carbonyl (C=O) groups excluding carboxylic acids is 1. The van der Waals surface area contributed by atoms with Gasteiger partial charge in [-0.05, 0) is 11.5 Å². The van der Waals surface area contributed by atoms with Gasteiger partial charge in [0.15, 0.2) is 5.69 Å². The summed E-state index contributed by atoms with van der Waals surface area (Å²) < 4.78 is 3.42. The maximum Gasteiger partial charge on any atom is 0.326 e. The number of carboxylic acids is 2. The number of amides is 1. The zero-order valence-corrected chi connectivity index (χ0v) is 8.60. The standard InChI is InChI=1S/C7H7N3O5S/c11-5(12)1-3(7(14)15)8-6(13)4-2-16-10-9-4/h2-3H,1H2,(H,8,13)(H,11,12)(H,14,15)/t3-/m0/s1. The Morgan fingerprint density at radius 3 is 2.56 bits per heavy atom. The Hall–Kier alpha value is -2.03. The van der Waals surface area contributed by atoms with Gasteiger partial charge in [0.05, 0.1) is 6.42 Å². The van der Waals surface area contributed by atoms with Gasteiger partial charge in [0.1, 0.15) is 6.04 Å². The van der Waals surface area contributed by atoms with E-state index in [1.807, 2.05) is 5.32 Å². The molecule has 0 unspecified atom stereocenters. The van der Waals surface area contributed by atoms with Crippen LogP contribution in [0.25, 0.3) is 0 Å². The molecule has 1 heterocycles. The van der Waals surface area contributed by atoms with E-state index in [0.717, 1.165) is 11.5 Å². The highest BCUT2D eigenvalue weighted by molar-refractivity contribution is 7.03. The van der Waals surface area contributed by atoms with Gasteiger partial charge < -0.3 is 15.5 Å². The lowest BCUT2D eigenvalue weighted by Gasteiger charge is -2.10. The van der Waals surface area contributed by atoms with Crippen LogP contribution in [-0.4, -0.2) is 43.7 Å². The summed E-state index contributed by atoms with van der Waals surface area (Å²) in [5.41, 5.74) is -0.0401. The van der Waals surface area contributed by atoms with Gasteiger partial charge in [-0.25, -0.2) is 4.79 Å². The van der Waals surface area contributed by atoms with Gasteiger partial charge in [0.2, 0.25) is 0 Å². The average Bonchev–Trinajstić information content (AvgIpc) is 2.68. The van der Waals surface area contributed by atoms with Crippen LogP contribution in [0.1, 0.15) is 16.9 Å². The van der Waals surface area contributed by atoms with Gasteiger partial charge in [-0.3, -0.25) is 9.59 Å². The van der Waals surface area contributed by atoms with Crippen molar-refractivity contribution in [1.82, 2.24) is 14.9 Å². The first kappa shape index (κ1) is 12.0. The molecule has 1 aromatic rings. The number of aromatic nitrogens is 2. The first-order valence-corrected chi connectivity index (χ1v) is 4.87. The molecule has 1 atom stereocenters. The van der Waals surface area contributed by atoms with E-state index in [0.29, 0.717) is 0 Å². The summed E-state index contributed by atoms with van der Waals surface area (Å²) in [6.07, 6.45) is -0.696. The average molecular weight is 245 g/mol. The number of aliphatic carboxylic acids is 2. The number of nitrogens with zero attached hydrogens (tertiary/aromatic N) is 2. The van der Waals surface area contributed by atoms with Crippen molar-refractivity contribution in [2.75, 3.05) is 0 Å². The van der Waals surface area contributed by atoms with E-state index >= 15 is 0 Å². The van der Waals surface area contributed by atoms with Crippen molar-refractivity contribution in [2.45, 2.75) is 12.5 Å². The second-order valence-corrected chi connectivity index (χ2v) is 3.36. The van der Waals surface area contributed by atoms with Crippen molar-refractivity contribution < 1.29 is 24.6 Å². The topological polar surface area (TPSA) is 129 Å². The minimum absolute atomic E-state index is 0.0401. The van der Waals surface area contributed by atoms with Crippen LogP contribution in [0.5, 0.6) is 0 Å². The zero-order chi connectivity index (χ0) is 12.1. The molecule has 0 bridgehead atoms. The van der Waals surface area contributed by atoms with Crippen LogP contribution in [-0.2, 0) is 9.59 Å². The lowest BCUT2D eigenvalue weighted by atomic mass is 10.2. The van der Waals surface area contributed by atoms with Gasteiger partial charge in [-0.15, -0.1) is 5.10 Å². The second kappa shape index (κ2) is 5.16. The monoisotopic (exact) mass is 245 g/mol. The van der Waals surface area contributed by atoms with Gasteiger partial charge in [0, 0.05) is 5.38 Å². The third kappa shape index (κ3) is 3.28. The molecule has 1 amide bonds. The Morgan fingerprint density at radius 2 is 2.12 bits per heavy atom. The minimum Gasteiger partial charge on any atom is -0.481 e. The second-order valence-electron chi connectivity index (χ2n) is 2.75. The summed E-state index contributed by atoms with van der Waals surface area (Å²) in [5, 5.41) is 23.9. The van der Waals surface area contributed by atoms with Crippen molar-refractivity contribution in [3.8, 4) is 0 Å². The number of hydrogen-bond acceptors (Lipinski definition) is 6. The highest BCUT2D eigenvalue weighted by atomic mass is 32.1. The fourth-order valence-corrected chi connectivity index (χ4v) is 1.31. The molecule has 86 valence electrons. The van der Waals surface area contributed by atoms with Gasteiger partial charge in [-0.1, -0.05) is 4.49 Å². The van der Waals surface area contributed by atoms with Gasteiger partial charge in [0.25, 0.3) is 5.91 Å². The molecule has 0 aromatic carbocycles. The molecule has 0 radical (unpaired) electrons.